The molecule has 2 unspecified atom stereocenters. The van der Waals surface area contributed by atoms with Crippen LogP contribution in [0.1, 0.15) is 49.4 Å². The van der Waals surface area contributed by atoms with E-state index in [9.17, 15) is 9.59 Å². The summed E-state index contributed by atoms with van der Waals surface area (Å²) in [6.45, 7) is 5.22. The van der Waals surface area contributed by atoms with Gasteiger partial charge in [0.05, 0.1) is 18.8 Å². The van der Waals surface area contributed by atoms with Crippen LogP contribution in [0.5, 0.6) is 0 Å². The van der Waals surface area contributed by atoms with Crippen LogP contribution in [0.3, 0.4) is 0 Å². The topological polar surface area (TPSA) is 46.6 Å². The van der Waals surface area contributed by atoms with Gasteiger partial charge in [-0.05, 0) is 48.2 Å². The van der Waals surface area contributed by atoms with Gasteiger partial charge in [0.2, 0.25) is 6.41 Å². The fourth-order valence-corrected chi connectivity index (χ4v) is 5.00. The lowest BCUT2D eigenvalue weighted by atomic mass is 9.89. The zero-order valence-corrected chi connectivity index (χ0v) is 19.6. The number of ether oxygens (including phenoxy) is 1. The van der Waals surface area contributed by atoms with Gasteiger partial charge in [0.25, 0.3) is 0 Å². The lowest BCUT2D eigenvalue weighted by Crippen LogP contribution is -2.35. The number of hydrogen-bond donors (Lipinski definition) is 0. The molecule has 1 fully saturated rings. The van der Waals surface area contributed by atoms with E-state index in [1.807, 2.05) is 11.0 Å². The molecule has 4 nitrogen and oxygen atoms in total. The van der Waals surface area contributed by atoms with Crippen molar-refractivity contribution in [2.75, 3.05) is 13.2 Å². The molecule has 0 spiro atoms. The van der Waals surface area contributed by atoms with Crippen LogP contribution >= 0.6 is 21.0 Å². The molecule has 0 N–H and O–H groups in total. The van der Waals surface area contributed by atoms with E-state index in [1.54, 1.807) is 6.92 Å². The van der Waals surface area contributed by atoms with E-state index in [0.29, 0.717) is 11.4 Å². The summed E-state index contributed by atoms with van der Waals surface area (Å²) in [6, 6.07) is 16.8. The van der Waals surface area contributed by atoms with Gasteiger partial charge in [-0.25, -0.2) is 0 Å². The van der Waals surface area contributed by atoms with Gasteiger partial charge in [-0.3, -0.25) is 9.59 Å². The third-order valence-corrected chi connectivity index (χ3v) is 6.92. The van der Waals surface area contributed by atoms with Crippen LogP contribution in [0, 0.1) is 0 Å². The van der Waals surface area contributed by atoms with Crippen LogP contribution < -0.4 is 5.30 Å². The number of rotatable bonds is 3. The average Bonchev–Trinajstić information content (AvgIpc) is 2.75. The van der Waals surface area contributed by atoms with Crippen molar-refractivity contribution in [2.45, 2.75) is 50.5 Å². The molecule has 0 aromatic heterocycles. The Morgan fingerprint density at radius 3 is 2.53 bits per heavy atom. The summed E-state index contributed by atoms with van der Waals surface area (Å²) in [5, 5.41) is 1.77. The molecule has 2 aliphatic heterocycles. The molecule has 4 rings (SSSR count). The molecule has 160 valence electrons. The fourth-order valence-electron chi connectivity index (χ4n) is 3.94. The van der Waals surface area contributed by atoms with Crippen molar-refractivity contribution in [3.05, 3.63) is 65.2 Å². The van der Waals surface area contributed by atoms with Crippen LogP contribution in [-0.2, 0) is 20.7 Å². The first-order valence-corrected chi connectivity index (χ1v) is 11.9. The summed E-state index contributed by atoms with van der Waals surface area (Å²) >= 11 is 1.41. The summed E-state index contributed by atoms with van der Waals surface area (Å²) in [5.41, 5.74) is 3.77. The largest absolute Gasteiger partial charge is 0.377 e. The van der Waals surface area contributed by atoms with Crippen molar-refractivity contribution in [3.8, 4) is 0 Å². The molecule has 4 atom stereocenters. The molecule has 0 aliphatic carbocycles. The number of carbonyl (C=O) groups excluding carboxylic acids is 2. The number of carbonyl (C=O) groups is 2. The molecule has 0 bridgehead atoms. The van der Waals surface area contributed by atoms with Gasteiger partial charge in [-0.1, -0.05) is 60.3 Å². The summed E-state index contributed by atoms with van der Waals surface area (Å²) in [6.07, 6.45) is 4.50. The van der Waals surface area contributed by atoms with Gasteiger partial charge >= 0.3 is 0 Å². The molecule has 0 saturated carbocycles. The van der Waals surface area contributed by atoms with Crippen molar-refractivity contribution >= 4 is 37.8 Å². The van der Waals surface area contributed by atoms with E-state index in [-0.39, 0.29) is 11.2 Å². The Morgan fingerprint density at radius 1 is 1.17 bits per heavy atom. The number of hydrogen-bond acceptors (Lipinski definition) is 4. The zero-order chi connectivity index (χ0) is 21.5. The van der Waals surface area contributed by atoms with Crippen molar-refractivity contribution in [3.63, 3.8) is 0 Å². The molecule has 0 radical (unpaired) electrons. The van der Waals surface area contributed by atoms with Gasteiger partial charge in [0, 0.05) is 18.7 Å². The minimum absolute atomic E-state index is 0.0491. The van der Waals surface area contributed by atoms with Crippen LogP contribution in [0.25, 0.3) is 0 Å². The Hall–Kier alpha value is -1.68. The second-order valence-corrected chi connectivity index (χ2v) is 9.96. The second-order valence-electron chi connectivity index (χ2n) is 7.81. The fraction of sp³-hybridized carbons (Fsp3) is 0.417. The lowest BCUT2D eigenvalue weighted by molar-refractivity contribution is -0.120. The molecular weight excluding hydrogens is 413 g/mol. The molecule has 30 heavy (non-hydrogen) atoms. The summed E-state index contributed by atoms with van der Waals surface area (Å²) in [4.78, 5) is 23.9. The highest BCUT2D eigenvalue weighted by atomic mass is 32.2. The Labute approximate surface area is 186 Å². The van der Waals surface area contributed by atoms with Crippen LogP contribution in [0.4, 0.5) is 0 Å². The average molecular weight is 444 g/mol. The molecule has 2 aromatic carbocycles. The lowest BCUT2D eigenvalue weighted by Gasteiger charge is -2.35. The minimum Gasteiger partial charge on any atom is -0.377 e. The zero-order valence-electron chi connectivity index (χ0n) is 17.6. The third-order valence-electron chi connectivity index (χ3n) is 5.50. The van der Waals surface area contributed by atoms with E-state index in [1.165, 1.54) is 28.5 Å². The quantitative estimate of drug-likeness (QED) is 0.529. The first-order chi connectivity index (χ1) is 14.5. The maximum atomic E-state index is 11.3. The van der Waals surface area contributed by atoms with E-state index in [0.717, 1.165) is 44.1 Å². The SMILES string of the molecule is CC(=O)S[C@H]1CCC(C)OC1.O=CN1CCc2ccccc2[C@@H]1c1ccc(P)cc1. The number of thioether (sulfide) groups is 1. The number of nitrogens with zero attached hydrogens (tertiary/aromatic N) is 1. The standard InChI is InChI=1S/C16H16NOP.C8H14O2S/c18-11-17-10-9-12-3-1-2-4-15(12)16(17)13-5-7-14(19)8-6-13;1-6-3-4-8(5-10-6)11-7(2)9/h1-8,11,16H,9-10,19H2;6,8H,3-5H2,1-2H3/t16-;6?,8-/m00/s1. The summed E-state index contributed by atoms with van der Waals surface area (Å²) < 4.78 is 5.42. The van der Waals surface area contributed by atoms with Crippen LogP contribution in [0.2, 0.25) is 0 Å². The third kappa shape index (κ3) is 6.16. The Balaban J connectivity index is 0.000000199. The van der Waals surface area contributed by atoms with E-state index >= 15 is 0 Å². The smallest absolute Gasteiger partial charge is 0.210 e. The first kappa shape index (κ1) is 23.0. The van der Waals surface area contributed by atoms with Gasteiger partial charge in [-0.2, -0.15) is 0 Å². The first-order valence-electron chi connectivity index (χ1n) is 10.4. The summed E-state index contributed by atoms with van der Waals surface area (Å²) in [5.74, 6) is 0. The predicted octanol–water partition coefficient (Wildman–Crippen LogP) is 4.12. The maximum Gasteiger partial charge on any atom is 0.210 e. The van der Waals surface area contributed by atoms with Crippen LogP contribution in [0.15, 0.2) is 48.5 Å². The molecule has 6 heteroatoms. The van der Waals surface area contributed by atoms with Gasteiger partial charge in [-0.15, -0.1) is 9.24 Å². The number of benzene rings is 2. The predicted molar refractivity (Wildman–Crippen MR) is 127 cm³/mol. The molecule has 1 saturated heterocycles. The van der Waals surface area contributed by atoms with Crippen molar-refractivity contribution < 1.29 is 14.3 Å². The Bertz CT molecular complexity index is 850. The molecular formula is C24H30NO3PS. The van der Waals surface area contributed by atoms with Crippen LogP contribution in [-0.4, -0.2) is 40.9 Å². The Morgan fingerprint density at radius 2 is 1.90 bits per heavy atom. The number of fused-ring (bicyclic) bond motifs is 1. The Kier molecular flexibility index (Phi) is 8.50. The number of amides is 1. The van der Waals surface area contributed by atoms with E-state index in [2.05, 4.69) is 58.6 Å². The van der Waals surface area contributed by atoms with Crippen molar-refractivity contribution in [1.29, 1.82) is 0 Å². The minimum atomic E-state index is 0.0491. The highest BCUT2D eigenvalue weighted by molar-refractivity contribution is 8.14. The van der Waals surface area contributed by atoms with Gasteiger partial charge in [0.1, 0.15) is 0 Å². The van der Waals surface area contributed by atoms with E-state index < -0.39 is 0 Å². The normalized spacial score (nSPS) is 23.0. The van der Waals surface area contributed by atoms with Crippen molar-refractivity contribution in [1.82, 2.24) is 4.90 Å². The molecule has 2 aliphatic rings. The van der Waals surface area contributed by atoms with Gasteiger partial charge in [0.15, 0.2) is 5.12 Å². The molecule has 2 aromatic rings. The maximum absolute atomic E-state index is 11.3. The molecule has 1 amide bonds. The highest BCUT2D eigenvalue weighted by Gasteiger charge is 2.27. The van der Waals surface area contributed by atoms with Crippen molar-refractivity contribution in [2.24, 2.45) is 0 Å². The van der Waals surface area contributed by atoms with Gasteiger partial charge < -0.3 is 9.64 Å². The second kappa shape index (κ2) is 11.1. The summed E-state index contributed by atoms with van der Waals surface area (Å²) in [7, 11) is 2.69. The molecule has 2 heterocycles. The van der Waals surface area contributed by atoms with E-state index in [4.69, 9.17) is 4.74 Å². The monoisotopic (exact) mass is 443 g/mol. The highest BCUT2D eigenvalue weighted by Crippen LogP contribution is 2.33.